The van der Waals surface area contributed by atoms with Crippen LogP contribution < -0.4 is 5.32 Å². The van der Waals surface area contributed by atoms with Gasteiger partial charge in [-0.2, -0.15) is 0 Å². The highest BCUT2D eigenvalue weighted by atomic mass is 19.1. The summed E-state index contributed by atoms with van der Waals surface area (Å²) in [6, 6.07) is 4.17. The van der Waals surface area contributed by atoms with Crippen LogP contribution in [0.2, 0.25) is 0 Å². The number of nitrogens with one attached hydrogen (secondary N) is 1. The Morgan fingerprint density at radius 1 is 1.33 bits per heavy atom. The lowest BCUT2D eigenvalue weighted by Gasteiger charge is -2.30. The second-order valence-corrected chi connectivity index (χ2v) is 5.21. The van der Waals surface area contributed by atoms with Gasteiger partial charge < -0.3 is 10.1 Å². The van der Waals surface area contributed by atoms with Crippen LogP contribution in [0.15, 0.2) is 12.1 Å². The first-order valence-electron chi connectivity index (χ1n) is 6.65. The summed E-state index contributed by atoms with van der Waals surface area (Å²) in [6.45, 7) is 5.32. The molecule has 0 aromatic heterocycles. The van der Waals surface area contributed by atoms with Crippen molar-refractivity contribution < 1.29 is 9.13 Å². The van der Waals surface area contributed by atoms with E-state index in [1.807, 2.05) is 33.0 Å². The first-order valence-corrected chi connectivity index (χ1v) is 6.65. The summed E-state index contributed by atoms with van der Waals surface area (Å²) in [5.74, 6) is 0.390. The molecule has 1 aliphatic rings. The molecule has 0 radical (unpaired) electrons. The molecule has 1 fully saturated rings. The van der Waals surface area contributed by atoms with E-state index in [4.69, 9.17) is 4.74 Å². The Morgan fingerprint density at radius 3 is 2.50 bits per heavy atom. The molecule has 3 heteroatoms. The van der Waals surface area contributed by atoms with Crippen molar-refractivity contribution >= 4 is 0 Å². The van der Waals surface area contributed by atoms with Crippen LogP contribution in [-0.2, 0) is 4.74 Å². The molecule has 0 amide bonds. The molecule has 1 aromatic carbocycles. The van der Waals surface area contributed by atoms with E-state index >= 15 is 0 Å². The van der Waals surface area contributed by atoms with Crippen molar-refractivity contribution in [3.8, 4) is 0 Å². The fourth-order valence-corrected chi connectivity index (χ4v) is 2.86. The molecule has 2 unspecified atom stereocenters. The molecule has 2 atom stereocenters. The van der Waals surface area contributed by atoms with Crippen molar-refractivity contribution in [2.75, 3.05) is 20.3 Å². The first kappa shape index (κ1) is 13.5. The Balaban J connectivity index is 2.26. The maximum atomic E-state index is 13.7. The average molecular weight is 251 g/mol. The maximum Gasteiger partial charge on any atom is 0.129 e. The predicted molar refractivity (Wildman–Crippen MR) is 71.2 cm³/mol. The van der Waals surface area contributed by atoms with E-state index < -0.39 is 0 Å². The van der Waals surface area contributed by atoms with Crippen LogP contribution in [0.4, 0.5) is 4.39 Å². The van der Waals surface area contributed by atoms with E-state index in [1.54, 1.807) is 0 Å². The lowest BCUT2D eigenvalue weighted by molar-refractivity contribution is 0.0402. The fourth-order valence-electron chi connectivity index (χ4n) is 2.86. The molecule has 18 heavy (non-hydrogen) atoms. The van der Waals surface area contributed by atoms with E-state index in [-0.39, 0.29) is 11.9 Å². The largest absolute Gasteiger partial charge is 0.381 e. The zero-order valence-electron chi connectivity index (χ0n) is 11.4. The Labute approximate surface area is 109 Å². The number of rotatable bonds is 3. The third-order valence-corrected chi connectivity index (χ3v) is 3.80. The van der Waals surface area contributed by atoms with Gasteiger partial charge >= 0.3 is 0 Å². The van der Waals surface area contributed by atoms with Gasteiger partial charge in [0.05, 0.1) is 6.61 Å². The van der Waals surface area contributed by atoms with E-state index in [0.29, 0.717) is 5.92 Å². The topological polar surface area (TPSA) is 21.3 Å². The molecule has 1 saturated heterocycles. The Kier molecular flexibility index (Phi) is 4.36. The number of benzene rings is 1. The van der Waals surface area contributed by atoms with Gasteiger partial charge in [-0.15, -0.1) is 0 Å². The number of hydrogen-bond donors (Lipinski definition) is 1. The normalized spacial score (nSPS) is 21.9. The molecule has 0 saturated carbocycles. The number of aryl methyl sites for hydroxylation is 2. The zero-order valence-corrected chi connectivity index (χ0v) is 11.4. The van der Waals surface area contributed by atoms with Crippen molar-refractivity contribution in [2.45, 2.75) is 32.7 Å². The summed E-state index contributed by atoms with van der Waals surface area (Å²) in [5, 5.41) is 3.36. The summed E-state index contributed by atoms with van der Waals surface area (Å²) in [7, 11) is 1.97. The van der Waals surface area contributed by atoms with Crippen LogP contribution in [0, 0.1) is 25.6 Å². The number of ether oxygens (including phenoxy) is 1. The van der Waals surface area contributed by atoms with E-state index in [9.17, 15) is 4.39 Å². The minimum Gasteiger partial charge on any atom is -0.381 e. The predicted octanol–water partition coefficient (Wildman–Crippen LogP) is 3.13. The summed E-state index contributed by atoms with van der Waals surface area (Å²) in [6.07, 6.45) is 2.28. The van der Waals surface area contributed by atoms with Crippen molar-refractivity contribution in [1.82, 2.24) is 5.32 Å². The lowest BCUT2D eigenvalue weighted by Crippen LogP contribution is -2.31. The van der Waals surface area contributed by atoms with Crippen molar-refractivity contribution in [3.05, 3.63) is 34.6 Å². The molecule has 1 heterocycles. The van der Waals surface area contributed by atoms with E-state index in [2.05, 4.69) is 5.32 Å². The van der Waals surface area contributed by atoms with Crippen LogP contribution in [0.3, 0.4) is 0 Å². The molecule has 1 aliphatic heterocycles. The molecule has 2 rings (SSSR count). The average Bonchev–Trinajstić information content (AvgIpc) is 2.38. The first-order chi connectivity index (χ1) is 8.63. The minimum atomic E-state index is -0.0894. The van der Waals surface area contributed by atoms with Gasteiger partial charge in [-0.3, -0.25) is 0 Å². The van der Waals surface area contributed by atoms with Gasteiger partial charge in [0.1, 0.15) is 5.82 Å². The molecular weight excluding hydrogens is 229 g/mol. The smallest absolute Gasteiger partial charge is 0.129 e. The second kappa shape index (κ2) is 5.81. The Morgan fingerprint density at radius 2 is 2.00 bits per heavy atom. The second-order valence-electron chi connectivity index (χ2n) is 5.21. The summed E-state index contributed by atoms with van der Waals surface area (Å²) >= 11 is 0. The van der Waals surface area contributed by atoms with Crippen molar-refractivity contribution in [1.29, 1.82) is 0 Å². The SMILES string of the molecule is CNC(c1cc(C)c(F)c(C)c1)C1CCCOC1. The Bertz CT molecular complexity index is 390. The maximum absolute atomic E-state index is 13.7. The molecule has 0 spiro atoms. The molecular formula is C15H22FNO. The third-order valence-electron chi connectivity index (χ3n) is 3.80. The third kappa shape index (κ3) is 2.73. The van der Waals surface area contributed by atoms with Crippen LogP contribution in [-0.4, -0.2) is 20.3 Å². The highest BCUT2D eigenvalue weighted by Gasteiger charge is 2.25. The van der Waals surface area contributed by atoms with Gasteiger partial charge in [-0.05, 0) is 50.4 Å². The Hall–Kier alpha value is -0.930. The molecule has 100 valence electrons. The lowest BCUT2D eigenvalue weighted by atomic mass is 9.87. The van der Waals surface area contributed by atoms with Gasteiger partial charge in [0, 0.05) is 18.6 Å². The van der Waals surface area contributed by atoms with Crippen LogP contribution in [0.25, 0.3) is 0 Å². The fraction of sp³-hybridized carbons (Fsp3) is 0.600. The van der Waals surface area contributed by atoms with Crippen LogP contribution >= 0.6 is 0 Å². The standard InChI is InChI=1S/C15H22FNO/c1-10-7-13(8-11(2)14(10)16)15(17-3)12-5-4-6-18-9-12/h7-8,12,15,17H,4-6,9H2,1-3H3. The van der Waals surface area contributed by atoms with E-state index in [0.717, 1.165) is 30.8 Å². The highest BCUT2D eigenvalue weighted by molar-refractivity contribution is 5.32. The van der Waals surface area contributed by atoms with Gasteiger partial charge in [0.15, 0.2) is 0 Å². The number of hydrogen-bond acceptors (Lipinski definition) is 2. The minimum absolute atomic E-state index is 0.0894. The van der Waals surface area contributed by atoms with Crippen LogP contribution in [0.1, 0.15) is 35.6 Å². The summed E-state index contributed by atoms with van der Waals surface area (Å²) < 4.78 is 19.2. The molecule has 0 aliphatic carbocycles. The summed E-state index contributed by atoms with van der Waals surface area (Å²) in [5.41, 5.74) is 2.62. The van der Waals surface area contributed by atoms with Crippen LogP contribution in [0.5, 0.6) is 0 Å². The van der Waals surface area contributed by atoms with Gasteiger partial charge in [0.25, 0.3) is 0 Å². The molecule has 0 bridgehead atoms. The monoisotopic (exact) mass is 251 g/mol. The van der Waals surface area contributed by atoms with Gasteiger partial charge in [-0.1, -0.05) is 12.1 Å². The quantitative estimate of drug-likeness (QED) is 0.891. The zero-order chi connectivity index (χ0) is 13.1. The summed E-state index contributed by atoms with van der Waals surface area (Å²) in [4.78, 5) is 0. The number of halogens is 1. The molecule has 2 nitrogen and oxygen atoms in total. The van der Waals surface area contributed by atoms with Crippen molar-refractivity contribution in [3.63, 3.8) is 0 Å². The van der Waals surface area contributed by atoms with Gasteiger partial charge in [-0.25, -0.2) is 4.39 Å². The van der Waals surface area contributed by atoms with E-state index in [1.165, 1.54) is 12.0 Å². The van der Waals surface area contributed by atoms with Gasteiger partial charge in [0.2, 0.25) is 0 Å². The molecule has 1 N–H and O–H groups in total. The highest BCUT2D eigenvalue weighted by Crippen LogP contribution is 2.30. The van der Waals surface area contributed by atoms with Crippen molar-refractivity contribution in [2.24, 2.45) is 5.92 Å². The molecule has 1 aromatic rings.